The Hall–Kier alpha value is -2.83. The fourth-order valence-corrected chi connectivity index (χ4v) is 2.68. The number of rotatable bonds is 3. The van der Waals surface area contributed by atoms with Crippen molar-refractivity contribution in [3.63, 3.8) is 0 Å². The van der Waals surface area contributed by atoms with Gasteiger partial charge in [-0.15, -0.1) is 0 Å². The first kappa shape index (κ1) is 16.0. The molecule has 1 aliphatic heterocycles. The van der Waals surface area contributed by atoms with Crippen molar-refractivity contribution in [2.24, 2.45) is 7.05 Å². The van der Waals surface area contributed by atoms with Crippen LogP contribution in [-0.4, -0.2) is 39.7 Å². The number of fused-ring (bicyclic) bond motifs is 1. The molecule has 0 aliphatic carbocycles. The number of imidazole rings is 1. The van der Waals surface area contributed by atoms with Crippen molar-refractivity contribution in [2.45, 2.75) is 19.9 Å². The standard InChI is InChI=1S/C17H19N3O4/c1-3-23-17(22)24-13-6-4-12(5-7-13)16(21)20-9-8-14-15(10-20)19(2)11-18-14/h4-7,11H,3,8-10H2,1-2H3. The third kappa shape index (κ3) is 3.24. The van der Waals surface area contributed by atoms with Gasteiger partial charge in [0.15, 0.2) is 0 Å². The van der Waals surface area contributed by atoms with Crippen molar-refractivity contribution in [1.82, 2.24) is 14.5 Å². The van der Waals surface area contributed by atoms with E-state index in [9.17, 15) is 9.59 Å². The van der Waals surface area contributed by atoms with E-state index in [0.29, 0.717) is 24.4 Å². The second-order valence-corrected chi connectivity index (χ2v) is 5.54. The van der Waals surface area contributed by atoms with Gasteiger partial charge in [0, 0.05) is 25.6 Å². The highest BCUT2D eigenvalue weighted by atomic mass is 16.7. The largest absolute Gasteiger partial charge is 0.513 e. The zero-order valence-electron chi connectivity index (χ0n) is 13.7. The van der Waals surface area contributed by atoms with Gasteiger partial charge in [-0.3, -0.25) is 4.79 Å². The predicted molar refractivity (Wildman–Crippen MR) is 85.7 cm³/mol. The summed E-state index contributed by atoms with van der Waals surface area (Å²) in [5.41, 5.74) is 2.67. The van der Waals surface area contributed by atoms with Crippen molar-refractivity contribution >= 4 is 12.1 Å². The lowest BCUT2D eigenvalue weighted by molar-refractivity contribution is 0.0730. The molecule has 3 rings (SSSR count). The monoisotopic (exact) mass is 329 g/mol. The Bertz CT molecular complexity index is 752. The summed E-state index contributed by atoms with van der Waals surface area (Å²) in [6, 6.07) is 6.47. The van der Waals surface area contributed by atoms with E-state index < -0.39 is 6.16 Å². The maximum atomic E-state index is 12.6. The van der Waals surface area contributed by atoms with Gasteiger partial charge in [0.1, 0.15) is 5.75 Å². The van der Waals surface area contributed by atoms with Gasteiger partial charge in [-0.25, -0.2) is 9.78 Å². The highest BCUT2D eigenvalue weighted by Crippen LogP contribution is 2.20. The average molecular weight is 329 g/mol. The quantitative estimate of drug-likeness (QED) is 0.637. The van der Waals surface area contributed by atoms with E-state index >= 15 is 0 Å². The Morgan fingerprint density at radius 1 is 1.25 bits per heavy atom. The van der Waals surface area contributed by atoms with Crippen LogP contribution < -0.4 is 4.74 Å². The summed E-state index contributed by atoms with van der Waals surface area (Å²) in [7, 11) is 1.93. The molecule has 7 nitrogen and oxygen atoms in total. The SMILES string of the molecule is CCOC(=O)Oc1ccc(C(=O)N2CCc3ncn(C)c3C2)cc1. The molecule has 0 radical (unpaired) electrons. The summed E-state index contributed by atoms with van der Waals surface area (Å²) in [6.45, 7) is 3.14. The molecule has 2 aromatic rings. The van der Waals surface area contributed by atoms with Gasteiger partial charge in [0.05, 0.1) is 30.9 Å². The van der Waals surface area contributed by atoms with Crippen LogP contribution in [0, 0.1) is 0 Å². The lowest BCUT2D eigenvalue weighted by Gasteiger charge is -2.27. The van der Waals surface area contributed by atoms with Crippen LogP contribution in [0.3, 0.4) is 0 Å². The molecule has 7 heteroatoms. The number of carbonyl (C=O) groups excluding carboxylic acids is 2. The molecular weight excluding hydrogens is 310 g/mol. The van der Waals surface area contributed by atoms with E-state index in [4.69, 9.17) is 9.47 Å². The highest BCUT2D eigenvalue weighted by Gasteiger charge is 2.24. The molecule has 1 amide bonds. The van der Waals surface area contributed by atoms with E-state index in [1.807, 2.05) is 11.6 Å². The minimum atomic E-state index is -0.753. The Balaban J connectivity index is 1.67. The van der Waals surface area contributed by atoms with Crippen molar-refractivity contribution in [2.75, 3.05) is 13.2 Å². The fourth-order valence-electron chi connectivity index (χ4n) is 2.68. The van der Waals surface area contributed by atoms with Gasteiger partial charge in [0.25, 0.3) is 5.91 Å². The molecule has 1 aliphatic rings. The smallest absolute Gasteiger partial charge is 0.434 e. The molecule has 126 valence electrons. The first-order valence-electron chi connectivity index (χ1n) is 7.81. The van der Waals surface area contributed by atoms with Crippen molar-refractivity contribution in [3.8, 4) is 5.75 Å². The number of benzene rings is 1. The van der Waals surface area contributed by atoms with Gasteiger partial charge in [0.2, 0.25) is 0 Å². The number of amides is 1. The molecular formula is C17H19N3O4. The van der Waals surface area contributed by atoms with Gasteiger partial charge in [-0.2, -0.15) is 0 Å². The summed E-state index contributed by atoms with van der Waals surface area (Å²) in [5, 5.41) is 0. The first-order valence-corrected chi connectivity index (χ1v) is 7.81. The molecule has 0 unspecified atom stereocenters. The third-order valence-corrected chi connectivity index (χ3v) is 3.96. The Kier molecular flexibility index (Phi) is 4.50. The summed E-state index contributed by atoms with van der Waals surface area (Å²) in [6.07, 6.45) is 1.78. The number of aryl methyl sites for hydroxylation is 1. The Morgan fingerprint density at radius 3 is 2.71 bits per heavy atom. The van der Waals surface area contributed by atoms with Crippen molar-refractivity contribution < 1.29 is 19.1 Å². The number of hydrogen-bond acceptors (Lipinski definition) is 5. The molecule has 2 heterocycles. The molecule has 0 saturated heterocycles. The first-order chi connectivity index (χ1) is 11.6. The van der Waals surface area contributed by atoms with Crippen molar-refractivity contribution in [3.05, 3.63) is 47.5 Å². The topological polar surface area (TPSA) is 73.7 Å². The van der Waals surface area contributed by atoms with E-state index in [1.54, 1.807) is 42.4 Å². The lowest BCUT2D eigenvalue weighted by Crippen LogP contribution is -2.36. The Morgan fingerprint density at radius 2 is 2.00 bits per heavy atom. The molecule has 1 aromatic carbocycles. The van der Waals surface area contributed by atoms with Crippen LogP contribution in [-0.2, 0) is 24.8 Å². The zero-order chi connectivity index (χ0) is 17.1. The summed E-state index contributed by atoms with van der Waals surface area (Å²) in [4.78, 5) is 30.1. The van der Waals surface area contributed by atoms with Crippen LogP contribution in [0.25, 0.3) is 0 Å². The molecule has 0 bridgehead atoms. The number of aromatic nitrogens is 2. The molecule has 0 spiro atoms. The van der Waals surface area contributed by atoms with E-state index in [-0.39, 0.29) is 12.5 Å². The summed E-state index contributed by atoms with van der Waals surface area (Å²) >= 11 is 0. The maximum Gasteiger partial charge on any atom is 0.513 e. The molecule has 0 atom stereocenters. The minimum Gasteiger partial charge on any atom is -0.434 e. The minimum absolute atomic E-state index is 0.0514. The van der Waals surface area contributed by atoms with Crippen LogP contribution in [0.15, 0.2) is 30.6 Å². The second-order valence-electron chi connectivity index (χ2n) is 5.54. The number of ether oxygens (including phenoxy) is 2. The fraction of sp³-hybridized carbons (Fsp3) is 0.353. The molecule has 1 aromatic heterocycles. The van der Waals surface area contributed by atoms with Gasteiger partial charge >= 0.3 is 6.16 Å². The molecule has 24 heavy (non-hydrogen) atoms. The Labute approximate surface area is 139 Å². The predicted octanol–water partition coefficient (Wildman–Crippen LogP) is 2.15. The maximum absolute atomic E-state index is 12.6. The molecule has 0 fully saturated rings. The van der Waals surface area contributed by atoms with E-state index in [1.165, 1.54) is 0 Å². The zero-order valence-corrected chi connectivity index (χ0v) is 13.7. The second kappa shape index (κ2) is 6.74. The van der Waals surface area contributed by atoms with Crippen LogP contribution in [0.2, 0.25) is 0 Å². The summed E-state index contributed by atoms with van der Waals surface area (Å²) in [5.74, 6) is 0.294. The van der Waals surface area contributed by atoms with Crippen LogP contribution in [0.5, 0.6) is 5.75 Å². The normalized spacial score (nSPS) is 13.3. The van der Waals surface area contributed by atoms with Gasteiger partial charge in [-0.05, 0) is 31.2 Å². The average Bonchev–Trinajstić information content (AvgIpc) is 2.96. The van der Waals surface area contributed by atoms with Crippen LogP contribution in [0.4, 0.5) is 4.79 Å². The number of carbonyl (C=O) groups is 2. The van der Waals surface area contributed by atoms with Crippen molar-refractivity contribution in [1.29, 1.82) is 0 Å². The molecule has 0 N–H and O–H groups in total. The number of hydrogen-bond donors (Lipinski definition) is 0. The summed E-state index contributed by atoms with van der Waals surface area (Å²) < 4.78 is 11.6. The lowest BCUT2D eigenvalue weighted by atomic mass is 10.1. The van der Waals surface area contributed by atoms with E-state index in [2.05, 4.69) is 4.98 Å². The number of nitrogens with zero attached hydrogens (tertiary/aromatic N) is 3. The van der Waals surface area contributed by atoms with Gasteiger partial charge < -0.3 is 18.9 Å². The van der Waals surface area contributed by atoms with Crippen LogP contribution in [0.1, 0.15) is 28.7 Å². The van der Waals surface area contributed by atoms with E-state index in [0.717, 1.165) is 17.8 Å². The molecule has 0 saturated carbocycles. The highest BCUT2D eigenvalue weighted by molar-refractivity contribution is 5.94. The third-order valence-electron chi connectivity index (χ3n) is 3.96. The van der Waals surface area contributed by atoms with Gasteiger partial charge in [-0.1, -0.05) is 0 Å². The van der Waals surface area contributed by atoms with Crippen LogP contribution >= 0.6 is 0 Å².